The number of carbonyl (C=O) groups excluding carboxylic acids is 1. The molecule has 1 aliphatic heterocycles. The first-order valence-corrected chi connectivity index (χ1v) is 5.45. The van der Waals surface area contributed by atoms with Crippen molar-refractivity contribution in [1.82, 2.24) is 4.57 Å². The van der Waals surface area contributed by atoms with Crippen LogP contribution < -0.4 is 5.56 Å². The van der Waals surface area contributed by atoms with Crippen molar-refractivity contribution in [2.75, 3.05) is 13.2 Å². The van der Waals surface area contributed by atoms with Crippen LogP contribution in [0.1, 0.15) is 12.1 Å². The number of carbonyl (C=O) groups is 1. The Kier molecular flexibility index (Phi) is 3.19. The summed E-state index contributed by atoms with van der Waals surface area (Å²) in [6.07, 6.45) is 0.777. The lowest BCUT2D eigenvalue weighted by Crippen LogP contribution is -2.28. The number of hydrogen-bond acceptors (Lipinski definition) is 3. The molecule has 0 spiro atoms. The van der Waals surface area contributed by atoms with Gasteiger partial charge in [-0.3, -0.25) is 9.59 Å². The number of rotatable bonds is 3. The largest absolute Gasteiger partial charge is 0.381 e. The Morgan fingerprint density at radius 3 is 3.00 bits per heavy atom. The monoisotopic (exact) mass is 221 g/mol. The summed E-state index contributed by atoms with van der Waals surface area (Å²) >= 11 is 0. The van der Waals surface area contributed by atoms with Gasteiger partial charge in [0.15, 0.2) is 5.78 Å². The molecule has 1 aliphatic rings. The van der Waals surface area contributed by atoms with E-state index in [-0.39, 0.29) is 23.8 Å². The average Bonchev–Trinajstić information content (AvgIpc) is 2.76. The summed E-state index contributed by atoms with van der Waals surface area (Å²) in [7, 11) is 0. The second-order valence-corrected chi connectivity index (χ2v) is 4.12. The number of ether oxygens (including phenoxy) is 1. The lowest BCUT2D eigenvalue weighted by Gasteiger charge is -2.11. The van der Waals surface area contributed by atoms with E-state index in [0.29, 0.717) is 13.2 Å². The van der Waals surface area contributed by atoms with E-state index in [4.69, 9.17) is 4.74 Å². The second-order valence-electron chi connectivity index (χ2n) is 4.12. The molecule has 0 aliphatic carbocycles. The molecule has 1 saturated heterocycles. The van der Waals surface area contributed by atoms with Crippen LogP contribution in [-0.2, 0) is 16.1 Å². The first-order valence-electron chi connectivity index (χ1n) is 5.45. The van der Waals surface area contributed by atoms with Crippen LogP contribution in [0.5, 0.6) is 0 Å². The summed E-state index contributed by atoms with van der Waals surface area (Å²) in [5.74, 6) is 0.0559. The van der Waals surface area contributed by atoms with Crippen LogP contribution in [0.25, 0.3) is 0 Å². The van der Waals surface area contributed by atoms with Crippen molar-refractivity contribution in [3.63, 3.8) is 0 Å². The van der Waals surface area contributed by atoms with Crippen molar-refractivity contribution in [2.24, 2.45) is 5.92 Å². The number of nitrogens with zero attached hydrogens (tertiary/aromatic N) is 1. The van der Waals surface area contributed by atoms with Gasteiger partial charge in [0.05, 0.1) is 13.2 Å². The van der Waals surface area contributed by atoms with Crippen molar-refractivity contribution in [1.29, 1.82) is 0 Å². The summed E-state index contributed by atoms with van der Waals surface area (Å²) in [5, 5.41) is 0. The molecule has 86 valence electrons. The maximum Gasteiger partial charge on any atom is 0.251 e. The number of Topliss-reactive ketones (excluding diaryl/α,β-unsaturated/α-hetero) is 1. The zero-order valence-electron chi connectivity index (χ0n) is 9.31. The normalized spacial score (nSPS) is 19.9. The highest BCUT2D eigenvalue weighted by Gasteiger charge is 2.23. The minimum absolute atomic E-state index is 0.0356. The Morgan fingerprint density at radius 1 is 1.56 bits per heavy atom. The van der Waals surface area contributed by atoms with E-state index < -0.39 is 0 Å². The van der Waals surface area contributed by atoms with Crippen LogP contribution in [0.2, 0.25) is 0 Å². The van der Waals surface area contributed by atoms with E-state index in [9.17, 15) is 9.59 Å². The third-order valence-electron chi connectivity index (χ3n) is 2.97. The lowest BCUT2D eigenvalue weighted by atomic mass is 10.0. The van der Waals surface area contributed by atoms with E-state index in [2.05, 4.69) is 0 Å². The highest BCUT2D eigenvalue weighted by Crippen LogP contribution is 2.14. The van der Waals surface area contributed by atoms with Crippen LogP contribution in [0, 0.1) is 12.8 Å². The van der Waals surface area contributed by atoms with Gasteiger partial charge in [-0.2, -0.15) is 0 Å². The number of aromatic nitrogens is 1. The fourth-order valence-corrected chi connectivity index (χ4v) is 1.90. The molecule has 2 heterocycles. The average molecular weight is 221 g/mol. The molecule has 1 atom stereocenters. The van der Waals surface area contributed by atoms with Gasteiger partial charge in [-0.15, -0.1) is 0 Å². The summed E-state index contributed by atoms with van der Waals surface area (Å²) in [5.41, 5.74) is 0.701. The van der Waals surface area contributed by atoms with Crippen LogP contribution in [0.15, 0.2) is 23.0 Å². The maximum atomic E-state index is 11.9. The Balaban J connectivity index is 2.14. The minimum atomic E-state index is -0.118. The van der Waals surface area contributed by atoms with Crippen molar-refractivity contribution in [2.45, 2.75) is 19.9 Å². The number of pyridine rings is 1. The van der Waals surface area contributed by atoms with Gasteiger partial charge < -0.3 is 9.30 Å². The van der Waals surface area contributed by atoms with Crippen molar-refractivity contribution < 1.29 is 9.53 Å². The highest BCUT2D eigenvalue weighted by molar-refractivity contribution is 5.81. The Morgan fingerprint density at radius 2 is 2.38 bits per heavy atom. The lowest BCUT2D eigenvalue weighted by molar-refractivity contribution is -0.123. The summed E-state index contributed by atoms with van der Waals surface area (Å²) < 4.78 is 6.68. The molecular formula is C12H15NO3. The molecule has 1 unspecified atom stereocenters. The van der Waals surface area contributed by atoms with Crippen molar-refractivity contribution in [3.05, 3.63) is 34.2 Å². The Bertz CT molecular complexity index is 444. The predicted octanol–water partition coefficient (Wildman–Crippen LogP) is 0.762. The molecule has 0 radical (unpaired) electrons. The molecule has 16 heavy (non-hydrogen) atoms. The smallest absolute Gasteiger partial charge is 0.251 e. The summed E-state index contributed by atoms with van der Waals surface area (Å²) in [6, 6.07) is 5.02. The van der Waals surface area contributed by atoms with E-state index in [1.807, 2.05) is 13.0 Å². The van der Waals surface area contributed by atoms with Crippen molar-refractivity contribution >= 4 is 5.78 Å². The molecule has 0 amide bonds. The predicted molar refractivity (Wildman–Crippen MR) is 59.4 cm³/mol. The summed E-state index contributed by atoms with van der Waals surface area (Å²) in [6.45, 7) is 3.15. The van der Waals surface area contributed by atoms with E-state index >= 15 is 0 Å². The van der Waals surface area contributed by atoms with Gasteiger partial charge in [0, 0.05) is 24.3 Å². The van der Waals surface area contributed by atoms with Gasteiger partial charge in [0.25, 0.3) is 5.56 Å². The van der Waals surface area contributed by atoms with Crippen LogP contribution in [-0.4, -0.2) is 23.6 Å². The SMILES string of the molecule is Cc1cccc(=O)n1CC(=O)C1CCOC1. The topological polar surface area (TPSA) is 48.3 Å². The molecule has 0 aromatic carbocycles. The fourth-order valence-electron chi connectivity index (χ4n) is 1.90. The molecule has 1 aromatic rings. The maximum absolute atomic E-state index is 11.9. The first kappa shape index (κ1) is 11.1. The third kappa shape index (κ3) is 2.22. The van der Waals surface area contributed by atoms with Crippen LogP contribution in [0.4, 0.5) is 0 Å². The Labute approximate surface area is 93.8 Å². The summed E-state index contributed by atoms with van der Waals surface area (Å²) in [4.78, 5) is 23.4. The zero-order chi connectivity index (χ0) is 11.5. The van der Waals surface area contributed by atoms with Gasteiger partial charge in [-0.25, -0.2) is 0 Å². The molecule has 4 nitrogen and oxygen atoms in total. The molecular weight excluding hydrogens is 206 g/mol. The van der Waals surface area contributed by atoms with Gasteiger partial charge >= 0.3 is 0 Å². The zero-order valence-corrected chi connectivity index (χ0v) is 9.31. The minimum Gasteiger partial charge on any atom is -0.381 e. The van der Waals surface area contributed by atoms with E-state index in [0.717, 1.165) is 12.1 Å². The Hall–Kier alpha value is -1.42. The van der Waals surface area contributed by atoms with Crippen molar-refractivity contribution in [3.8, 4) is 0 Å². The van der Waals surface area contributed by atoms with Crippen LogP contribution >= 0.6 is 0 Å². The molecule has 2 rings (SSSR count). The molecule has 0 saturated carbocycles. The fraction of sp³-hybridized carbons (Fsp3) is 0.500. The molecule has 1 aromatic heterocycles. The second kappa shape index (κ2) is 4.61. The standard InChI is InChI=1S/C12H15NO3/c1-9-3-2-4-12(15)13(9)7-11(14)10-5-6-16-8-10/h2-4,10H,5-8H2,1H3. The van der Waals surface area contributed by atoms with E-state index in [1.54, 1.807) is 6.07 Å². The van der Waals surface area contributed by atoms with E-state index in [1.165, 1.54) is 10.6 Å². The first-order chi connectivity index (χ1) is 7.68. The number of hydrogen-bond donors (Lipinski definition) is 0. The van der Waals surface area contributed by atoms with Gasteiger partial charge in [-0.05, 0) is 19.4 Å². The third-order valence-corrected chi connectivity index (χ3v) is 2.97. The quantitative estimate of drug-likeness (QED) is 0.757. The molecule has 1 fully saturated rings. The molecule has 0 N–H and O–H groups in total. The van der Waals surface area contributed by atoms with Crippen LogP contribution in [0.3, 0.4) is 0 Å². The van der Waals surface area contributed by atoms with Gasteiger partial charge in [0.2, 0.25) is 0 Å². The number of aryl methyl sites for hydroxylation is 1. The van der Waals surface area contributed by atoms with Gasteiger partial charge in [0.1, 0.15) is 0 Å². The number of ketones is 1. The molecule has 4 heteroatoms. The van der Waals surface area contributed by atoms with Gasteiger partial charge in [-0.1, -0.05) is 6.07 Å². The highest BCUT2D eigenvalue weighted by atomic mass is 16.5. The molecule has 0 bridgehead atoms.